The van der Waals surface area contributed by atoms with Crippen LogP contribution in [0.15, 0.2) is 33.9 Å². The van der Waals surface area contributed by atoms with E-state index in [2.05, 4.69) is 36.6 Å². The quantitative estimate of drug-likeness (QED) is 0.450. The second kappa shape index (κ2) is 7.38. The van der Waals surface area contributed by atoms with Gasteiger partial charge in [0.2, 0.25) is 0 Å². The lowest BCUT2D eigenvalue weighted by molar-refractivity contribution is -0.134. The summed E-state index contributed by atoms with van der Waals surface area (Å²) in [6.45, 7) is 1.99. The van der Waals surface area contributed by atoms with Crippen molar-refractivity contribution >= 4 is 43.9 Å². The van der Waals surface area contributed by atoms with Gasteiger partial charge in [-0.15, -0.1) is 0 Å². The van der Waals surface area contributed by atoms with Crippen molar-refractivity contribution < 1.29 is 14.3 Å². The molecule has 0 saturated heterocycles. The molecule has 0 aliphatic rings. The number of hydrogen-bond acceptors (Lipinski definition) is 3. The molecule has 0 heterocycles. The predicted octanol–water partition coefficient (Wildman–Crippen LogP) is 4.15. The molecule has 96 valence electrons. The summed E-state index contributed by atoms with van der Waals surface area (Å²) in [5.74, 6) is 0.193. The van der Waals surface area contributed by atoms with Gasteiger partial charge in [0.1, 0.15) is 5.75 Å². The maximum Gasteiger partial charge on any atom is 0.333 e. The molecule has 0 saturated carbocycles. The van der Waals surface area contributed by atoms with Gasteiger partial charge in [0.15, 0.2) is 0 Å². The Morgan fingerprint density at radius 1 is 1.33 bits per heavy atom. The molecule has 1 aromatic carbocycles. The first-order valence-corrected chi connectivity index (χ1v) is 6.66. The van der Waals surface area contributed by atoms with Crippen molar-refractivity contribution in [3.05, 3.63) is 45.1 Å². The Morgan fingerprint density at radius 2 is 2.06 bits per heavy atom. The van der Waals surface area contributed by atoms with Crippen LogP contribution in [-0.2, 0) is 9.53 Å². The van der Waals surface area contributed by atoms with Gasteiger partial charge in [-0.25, -0.2) is 4.79 Å². The van der Waals surface area contributed by atoms with Crippen molar-refractivity contribution in [3.8, 4) is 5.75 Å². The minimum Gasteiger partial charge on any atom is -0.466 e. The van der Waals surface area contributed by atoms with E-state index >= 15 is 0 Å². The molecule has 0 fully saturated rings. The molecule has 0 aliphatic heterocycles. The highest BCUT2D eigenvalue weighted by Crippen LogP contribution is 2.26. The van der Waals surface area contributed by atoms with Crippen LogP contribution in [-0.4, -0.2) is 13.1 Å². The SMILES string of the molecule is COC(=O)/C=C/Oc1ccc(C)cc1C=C(Br)Br. The molecule has 0 aromatic heterocycles. The highest BCUT2D eigenvalue weighted by Gasteiger charge is 2.02. The highest BCUT2D eigenvalue weighted by atomic mass is 79.9. The number of esters is 1. The zero-order valence-electron chi connectivity index (χ0n) is 9.94. The van der Waals surface area contributed by atoms with Crippen molar-refractivity contribution in [3.63, 3.8) is 0 Å². The van der Waals surface area contributed by atoms with Gasteiger partial charge >= 0.3 is 5.97 Å². The highest BCUT2D eigenvalue weighted by molar-refractivity contribution is 9.28. The second-order valence-corrected chi connectivity index (χ2v) is 6.19. The normalized spacial score (nSPS) is 10.2. The maximum absolute atomic E-state index is 10.9. The first-order chi connectivity index (χ1) is 8.52. The lowest BCUT2D eigenvalue weighted by Gasteiger charge is -2.06. The van der Waals surface area contributed by atoms with E-state index in [9.17, 15) is 4.79 Å². The summed E-state index contributed by atoms with van der Waals surface area (Å²) in [5.41, 5.74) is 2.01. The zero-order valence-corrected chi connectivity index (χ0v) is 13.1. The maximum atomic E-state index is 10.9. The van der Waals surface area contributed by atoms with E-state index in [1.165, 1.54) is 19.4 Å². The molecular formula is C13H12Br2O3. The number of halogens is 2. The second-order valence-electron chi connectivity index (χ2n) is 3.42. The lowest BCUT2D eigenvalue weighted by atomic mass is 10.1. The summed E-state index contributed by atoms with van der Waals surface area (Å²) in [5, 5.41) is 0. The lowest BCUT2D eigenvalue weighted by Crippen LogP contribution is -1.95. The number of aryl methyl sites for hydroxylation is 1. The fourth-order valence-corrected chi connectivity index (χ4v) is 1.73. The van der Waals surface area contributed by atoms with Gasteiger partial charge in [-0.05, 0) is 57.0 Å². The van der Waals surface area contributed by atoms with Gasteiger partial charge in [-0.3, -0.25) is 0 Å². The fraction of sp³-hybridized carbons (Fsp3) is 0.154. The predicted molar refractivity (Wildman–Crippen MR) is 78.8 cm³/mol. The van der Waals surface area contributed by atoms with E-state index < -0.39 is 5.97 Å². The number of carbonyl (C=O) groups excluding carboxylic acids is 1. The molecule has 18 heavy (non-hydrogen) atoms. The van der Waals surface area contributed by atoms with Crippen LogP contribution in [0.1, 0.15) is 11.1 Å². The molecule has 0 aliphatic carbocycles. The summed E-state index contributed by atoms with van der Waals surface area (Å²) in [6.07, 6.45) is 4.39. The molecule has 0 bridgehead atoms. The summed E-state index contributed by atoms with van der Waals surface area (Å²) >= 11 is 6.61. The number of hydrogen-bond donors (Lipinski definition) is 0. The third-order valence-corrected chi connectivity index (χ3v) is 2.49. The molecule has 1 aromatic rings. The molecule has 0 unspecified atom stereocenters. The van der Waals surface area contributed by atoms with E-state index in [1.807, 2.05) is 31.2 Å². The minimum absolute atomic E-state index is 0.458. The van der Waals surface area contributed by atoms with E-state index in [0.717, 1.165) is 14.5 Å². The average Bonchev–Trinajstić information content (AvgIpc) is 2.31. The summed E-state index contributed by atoms with van der Waals surface area (Å²) in [4.78, 5) is 10.9. The molecule has 0 amide bonds. The first kappa shape index (κ1) is 15.0. The Bertz CT molecular complexity index is 489. The average molecular weight is 376 g/mol. The van der Waals surface area contributed by atoms with Crippen LogP contribution in [0.5, 0.6) is 5.75 Å². The molecule has 1 rings (SSSR count). The van der Waals surface area contributed by atoms with Crippen molar-refractivity contribution in [2.24, 2.45) is 0 Å². The molecule has 3 nitrogen and oxygen atoms in total. The van der Waals surface area contributed by atoms with Gasteiger partial charge in [0.25, 0.3) is 0 Å². The number of carbonyl (C=O) groups is 1. The van der Waals surface area contributed by atoms with Crippen LogP contribution >= 0.6 is 31.9 Å². The zero-order chi connectivity index (χ0) is 13.5. The van der Waals surface area contributed by atoms with Crippen LogP contribution in [0.25, 0.3) is 6.08 Å². The van der Waals surface area contributed by atoms with Gasteiger partial charge in [-0.2, -0.15) is 0 Å². The Hall–Kier alpha value is -1.07. The topological polar surface area (TPSA) is 35.5 Å². The Labute approximate surface area is 123 Å². The Morgan fingerprint density at radius 3 is 2.67 bits per heavy atom. The molecular weight excluding hydrogens is 364 g/mol. The monoisotopic (exact) mass is 374 g/mol. The summed E-state index contributed by atoms with van der Waals surface area (Å²) in [7, 11) is 1.31. The van der Waals surface area contributed by atoms with Crippen molar-refractivity contribution in [1.29, 1.82) is 0 Å². The number of methoxy groups -OCH3 is 1. The largest absolute Gasteiger partial charge is 0.466 e. The number of ether oxygens (including phenoxy) is 2. The van der Waals surface area contributed by atoms with Crippen LogP contribution < -0.4 is 4.74 Å². The van der Waals surface area contributed by atoms with Crippen LogP contribution in [0.4, 0.5) is 0 Å². The molecule has 5 heteroatoms. The van der Waals surface area contributed by atoms with Gasteiger partial charge in [-0.1, -0.05) is 11.6 Å². The van der Waals surface area contributed by atoms with Crippen molar-refractivity contribution in [2.75, 3.05) is 7.11 Å². The van der Waals surface area contributed by atoms with Crippen molar-refractivity contribution in [2.45, 2.75) is 6.92 Å². The van der Waals surface area contributed by atoms with Gasteiger partial charge in [0.05, 0.1) is 22.8 Å². The van der Waals surface area contributed by atoms with Crippen LogP contribution in [0.2, 0.25) is 0 Å². The Kier molecular flexibility index (Phi) is 6.15. The standard InChI is InChI=1S/C13H12Br2O3/c1-9-3-4-11(10(7-9)8-12(14)15)18-6-5-13(16)17-2/h3-8H,1-2H3/b6-5+. The minimum atomic E-state index is -0.458. The fourth-order valence-electron chi connectivity index (χ4n) is 1.24. The van der Waals surface area contributed by atoms with E-state index in [0.29, 0.717) is 5.75 Å². The van der Waals surface area contributed by atoms with Crippen LogP contribution in [0, 0.1) is 6.92 Å². The van der Waals surface area contributed by atoms with Gasteiger partial charge < -0.3 is 9.47 Å². The molecule has 0 atom stereocenters. The summed E-state index contributed by atoms with van der Waals surface area (Å²) < 4.78 is 10.7. The van der Waals surface area contributed by atoms with Crippen molar-refractivity contribution in [1.82, 2.24) is 0 Å². The van der Waals surface area contributed by atoms with Gasteiger partial charge in [0, 0.05) is 5.56 Å². The number of benzene rings is 1. The third kappa shape index (κ3) is 5.06. The van der Waals surface area contributed by atoms with E-state index in [4.69, 9.17) is 4.74 Å². The van der Waals surface area contributed by atoms with Crippen LogP contribution in [0.3, 0.4) is 0 Å². The Balaban J connectivity index is 2.91. The van der Waals surface area contributed by atoms with E-state index in [1.54, 1.807) is 0 Å². The molecule has 0 N–H and O–H groups in total. The smallest absolute Gasteiger partial charge is 0.333 e. The van der Waals surface area contributed by atoms with E-state index in [-0.39, 0.29) is 0 Å². The third-order valence-electron chi connectivity index (χ3n) is 2.03. The molecule has 0 spiro atoms. The molecule has 0 radical (unpaired) electrons. The first-order valence-electron chi connectivity index (χ1n) is 5.07. The number of rotatable bonds is 4. The summed E-state index contributed by atoms with van der Waals surface area (Å²) in [6, 6.07) is 5.75.